The van der Waals surface area contributed by atoms with Crippen LogP contribution in [0.15, 0.2) is 16.9 Å². The molecule has 88 valence electrons. The average molecular weight is 284 g/mol. The fourth-order valence-corrected chi connectivity index (χ4v) is 2.98. The molecule has 16 heavy (non-hydrogen) atoms. The molecule has 1 aliphatic heterocycles. The third kappa shape index (κ3) is 2.32. The third-order valence-corrected chi connectivity index (χ3v) is 3.89. The van der Waals surface area contributed by atoms with Gasteiger partial charge in [-0.05, 0) is 34.7 Å². The quantitative estimate of drug-likeness (QED) is 0.907. The van der Waals surface area contributed by atoms with Gasteiger partial charge >= 0.3 is 0 Å². The summed E-state index contributed by atoms with van der Waals surface area (Å²) in [6.07, 6.45) is 7.40. The second-order valence-corrected chi connectivity index (χ2v) is 5.28. The molecule has 0 aromatic carbocycles. The SMILES string of the molecule is CCC1CCCN(c2c(N)cncc2Br)C1. The van der Waals surface area contributed by atoms with Crippen LogP contribution in [0.4, 0.5) is 11.4 Å². The van der Waals surface area contributed by atoms with Gasteiger partial charge in [-0.1, -0.05) is 13.3 Å². The molecule has 2 N–H and O–H groups in total. The fourth-order valence-electron chi connectivity index (χ4n) is 2.38. The lowest BCUT2D eigenvalue weighted by molar-refractivity contribution is 0.404. The molecule has 0 amide bonds. The maximum Gasteiger partial charge on any atom is 0.0776 e. The number of rotatable bonds is 2. The normalized spacial score (nSPS) is 21.1. The summed E-state index contributed by atoms with van der Waals surface area (Å²) in [4.78, 5) is 6.47. The molecule has 1 aromatic rings. The number of hydrogen-bond acceptors (Lipinski definition) is 3. The number of nitrogens with two attached hydrogens (primary N) is 1. The number of nitrogen functional groups attached to an aromatic ring is 1. The van der Waals surface area contributed by atoms with Crippen molar-refractivity contribution in [2.75, 3.05) is 23.7 Å². The van der Waals surface area contributed by atoms with Crippen LogP contribution < -0.4 is 10.6 Å². The first-order valence-electron chi connectivity index (χ1n) is 5.86. The highest BCUT2D eigenvalue weighted by Gasteiger charge is 2.21. The lowest BCUT2D eigenvalue weighted by atomic mass is 9.95. The summed E-state index contributed by atoms with van der Waals surface area (Å²) >= 11 is 3.54. The second-order valence-electron chi connectivity index (χ2n) is 4.42. The molecule has 0 bridgehead atoms. The van der Waals surface area contributed by atoms with Crippen molar-refractivity contribution in [1.82, 2.24) is 4.98 Å². The molecule has 0 radical (unpaired) electrons. The summed E-state index contributed by atoms with van der Waals surface area (Å²) in [5.41, 5.74) is 7.89. The number of pyridine rings is 1. The van der Waals surface area contributed by atoms with Crippen molar-refractivity contribution >= 4 is 27.3 Å². The van der Waals surface area contributed by atoms with E-state index in [1.165, 1.54) is 19.3 Å². The molecular formula is C12H18BrN3. The van der Waals surface area contributed by atoms with Crippen molar-refractivity contribution in [1.29, 1.82) is 0 Å². The van der Waals surface area contributed by atoms with E-state index in [4.69, 9.17) is 5.73 Å². The van der Waals surface area contributed by atoms with Gasteiger partial charge in [-0.3, -0.25) is 4.98 Å². The Labute approximate surface area is 105 Å². The smallest absolute Gasteiger partial charge is 0.0776 e. The van der Waals surface area contributed by atoms with Crippen molar-refractivity contribution < 1.29 is 0 Å². The van der Waals surface area contributed by atoms with Crippen LogP contribution in [-0.4, -0.2) is 18.1 Å². The minimum absolute atomic E-state index is 0.770. The molecule has 3 nitrogen and oxygen atoms in total. The molecule has 1 fully saturated rings. The maximum atomic E-state index is 6.00. The van der Waals surface area contributed by atoms with Crippen LogP contribution in [0.5, 0.6) is 0 Å². The molecule has 2 rings (SSSR count). The van der Waals surface area contributed by atoms with Gasteiger partial charge in [0.05, 0.1) is 22.0 Å². The van der Waals surface area contributed by atoms with Crippen molar-refractivity contribution in [3.63, 3.8) is 0 Å². The monoisotopic (exact) mass is 283 g/mol. The Morgan fingerprint density at radius 3 is 3.06 bits per heavy atom. The van der Waals surface area contributed by atoms with Crippen LogP contribution in [-0.2, 0) is 0 Å². The van der Waals surface area contributed by atoms with E-state index in [2.05, 4.69) is 32.7 Å². The number of hydrogen-bond donors (Lipinski definition) is 1. The van der Waals surface area contributed by atoms with E-state index in [1.807, 2.05) is 6.20 Å². The van der Waals surface area contributed by atoms with Gasteiger partial charge in [0.2, 0.25) is 0 Å². The molecule has 0 aliphatic carbocycles. The Balaban J connectivity index is 2.23. The zero-order valence-electron chi connectivity index (χ0n) is 9.62. The van der Waals surface area contributed by atoms with Crippen molar-refractivity contribution in [3.05, 3.63) is 16.9 Å². The predicted molar refractivity (Wildman–Crippen MR) is 71.6 cm³/mol. The first-order valence-corrected chi connectivity index (χ1v) is 6.65. The zero-order valence-corrected chi connectivity index (χ0v) is 11.2. The van der Waals surface area contributed by atoms with Crippen LogP contribution in [0.3, 0.4) is 0 Å². The van der Waals surface area contributed by atoms with Crippen LogP contribution >= 0.6 is 15.9 Å². The van der Waals surface area contributed by atoms with Crippen molar-refractivity contribution in [2.45, 2.75) is 26.2 Å². The molecule has 1 aromatic heterocycles. The second kappa shape index (κ2) is 5.04. The Hall–Kier alpha value is -0.770. The Morgan fingerprint density at radius 1 is 1.56 bits per heavy atom. The van der Waals surface area contributed by atoms with E-state index in [1.54, 1.807) is 6.20 Å². The predicted octanol–water partition coefficient (Wildman–Crippen LogP) is 3.05. The molecule has 1 saturated heterocycles. The molecule has 0 saturated carbocycles. The van der Waals surface area contributed by atoms with Gasteiger partial charge in [0.25, 0.3) is 0 Å². The molecule has 1 atom stereocenters. The molecule has 1 unspecified atom stereocenters. The molecule has 2 heterocycles. The van der Waals surface area contributed by atoms with E-state index in [0.717, 1.165) is 34.9 Å². The van der Waals surface area contributed by atoms with Gasteiger partial charge in [0.15, 0.2) is 0 Å². The van der Waals surface area contributed by atoms with E-state index in [9.17, 15) is 0 Å². The summed E-state index contributed by atoms with van der Waals surface area (Å²) in [5.74, 6) is 0.799. The third-order valence-electron chi connectivity index (χ3n) is 3.31. The van der Waals surface area contributed by atoms with E-state index >= 15 is 0 Å². The highest BCUT2D eigenvalue weighted by molar-refractivity contribution is 9.10. The molecule has 4 heteroatoms. The first-order chi connectivity index (χ1) is 7.72. The molecule has 0 spiro atoms. The topological polar surface area (TPSA) is 42.1 Å². The Bertz CT molecular complexity index is 347. The van der Waals surface area contributed by atoms with Gasteiger partial charge in [0, 0.05) is 19.3 Å². The highest BCUT2D eigenvalue weighted by Crippen LogP contribution is 2.34. The van der Waals surface area contributed by atoms with Crippen molar-refractivity contribution in [3.8, 4) is 0 Å². The van der Waals surface area contributed by atoms with Gasteiger partial charge in [-0.2, -0.15) is 0 Å². The van der Waals surface area contributed by atoms with Gasteiger partial charge in [-0.25, -0.2) is 0 Å². The highest BCUT2D eigenvalue weighted by atomic mass is 79.9. The van der Waals surface area contributed by atoms with Crippen molar-refractivity contribution in [2.24, 2.45) is 5.92 Å². The van der Waals surface area contributed by atoms with Gasteiger partial charge < -0.3 is 10.6 Å². The lowest BCUT2D eigenvalue weighted by Crippen LogP contribution is -2.35. The number of piperidine rings is 1. The van der Waals surface area contributed by atoms with Gasteiger partial charge in [-0.15, -0.1) is 0 Å². The summed E-state index contributed by atoms with van der Waals surface area (Å²) < 4.78 is 1.00. The number of halogens is 1. The van der Waals surface area contributed by atoms with Crippen LogP contribution in [0.25, 0.3) is 0 Å². The summed E-state index contributed by atoms with van der Waals surface area (Å²) in [5, 5.41) is 0. The standard InChI is InChI=1S/C12H18BrN3/c1-2-9-4-3-5-16(8-9)12-10(13)6-15-7-11(12)14/h6-7,9H,2-5,8,14H2,1H3. The average Bonchev–Trinajstić information content (AvgIpc) is 2.29. The fraction of sp³-hybridized carbons (Fsp3) is 0.583. The minimum atomic E-state index is 0.770. The largest absolute Gasteiger partial charge is 0.396 e. The van der Waals surface area contributed by atoms with E-state index in [0.29, 0.717) is 0 Å². The molecular weight excluding hydrogens is 266 g/mol. The first kappa shape index (κ1) is 11.7. The number of nitrogens with zero attached hydrogens (tertiary/aromatic N) is 2. The Kier molecular flexibility index (Phi) is 3.69. The van der Waals surface area contributed by atoms with E-state index < -0.39 is 0 Å². The van der Waals surface area contributed by atoms with Gasteiger partial charge in [0.1, 0.15) is 0 Å². The Morgan fingerprint density at radius 2 is 2.38 bits per heavy atom. The number of anilines is 2. The van der Waals surface area contributed by atoms with E-state index in [-0.39, 0.29) is 0 Å². The minimum Gasteiger partial charge on any atom is -0.396 e. The summed E-state index contributed by atoms with van der Waals surface area (Å²) in [6.45, 7) is 4.48. The summed E-state index contributed by atoms with van der Waals surface area (Å²) in [7, 11) is 0. The number of aromatic nitrogens is 1. The van der Waals surface area contributed by atoms with Crippen LogP contribution in [0, 0.1) is 5.92 Å². The lowest BCUT2D eigenvalue weighted by Gasteiger charge is -2.35. The summed E-state index contributed by atoms with van der Waals surface area (Å²) in [6, 6.07) is 0. The molecule has 1 aliphatic rings. The van der Waals surface area contributed by atoms with Crippen LogP contribution in [0.1, 0.15) is 26.2 Å². The maximum absolute atomic E-state index is 6.00. The van der Waals surface area contributed by atoms with Crippen LogP contribution in [0.2, 0.25) is 0 Å². The zero-order chi connectivity index (χ0) is 11.5.